The van der Waals surface area contributed by atoms with Gasteiger partial charge in [-0.2, -0.15) is 0 Å². The van der Waals surface area contributed by atoms with Gasteiger partial charge in [0.25, 0.3) is 5.91 Å². The Morgan fingerprint density at radius 3 is 2.34 bits per heavy atom. The van der Waals surface area contributed by atoms with E-state index in [9.17, 15) is 9.59 Å². The summed E-state index contributed by atoms with van der Waals surface area (Å²) in [5.41, 5.74) is 1.75. The first-order valence-corrected chi connectivity index (χ1v) is 9.70. The molecule has 4 aromatic rings. The Bertz CT molecular complexity index is 1330. The number of carbonyl (C=O) groups is 1. The third-order valence-corrected chi connectivity index (χ3v) is 5.50. The molecule has 1 amide bonds. The molecule has 0 radical (unpaired) electrons. The maximum absolute atomic E-state index is 13.4. The monoisotopic (exact) mass is 421 g/mol. The zero-order valence-corrected chi connectivity index (χ0v) is 16.4. The predicted octanol–water partition coefficient (Wildman–Crippen LogP) is 5.85. The minimum Gasteiger partial charge on any atom is -0.450 e. The van der Waals surface area contributed by atoms with Gasteiger partial charge < -0.3 is 4.42 Å². The van der Waals surface area contributed by atoms with Crippen molar-refractivity contribution in [3.63, 3.8) is 0 Å². The minimum absolute atomic E-state index is 0.0404. The average Bonchev–Trinajstić information content (AvgIpc) is 3.02. The first-order chi connectivity index (χ1) is 14.0. The molecule has 0 saturated carbocycles. The molecule has 0 saturated heterocycles. The Balaban J connectivity index is 1.84. The topological polar surface area (TPSA) is 50.5 Å². The van der Waals surface area contributed by atoms with E-state index in [1.54, 1.807) is 47.4 Å². The smallest absolute Gasteiger partial charge is 0.295 e. The third kappa shape index (κ3) is 2.84. The van der Waals surface area contributed by atoms with E-state index < -0.39 is 6.04 Å². The van der Waals surface area contributed by atoms with Gasteiger partial charge in [0.05, 0.1) is 17.0 Å². The van der Waals surface area contributed by atoms with Crippen LogP contribution in [0.3, 0.4) is 0 Å². The molecule has 0 aliphatic carbocycles. The molecule has 1 aliphatic heterocycles. The third-order valence-electron chi connectivity index (χ3n) is 5.03. The Hall–Kier alpha value is -3.08. The molecule has 4 nitrogen and oxygen atoms in total. The minimum atomic E-state index is -0.628. The Labute approximate surface area is 175 Å². The lowest BCUT2D eigenvalue weighted by molar-refractivity contribution is 0.0971. The number of fused-ring (bicyclic) bond motifs is 2. The van der Waals surface area contributed by atoms with Crippen molar-refractivity contribution in [1.82, 2.24) is 0 Å². The fourth-order valence-corrected chi connectivity index (χ4v) is 4.14. The van der Waals surface area contributed by atoms with Crippen molar-refractivity contribution in [3.8, 4) is 0 Å². The first-order valence-electron chi connectivity index (χ1n) is 8.95. The van der Waals surface area contributed by atoms with Gasteiger partial charge >= 0.3 is 0 Å². The number of amides is 1. The van der Waals surface area contributed by atoms with Crippen LogP contribution in [0, 0.1) is 0 Å². The summed E-state index contributed by atoms with van der Waals surface area (Å²) < 4.78 is 5.90. The van der Waals surface area contributed by atoms with Crippen molar-refractivity contribution in [2.24, 2.45) is 0 Å². The molecule has 1 aliphatic rings. The second-order valence-electron chi connectivity index (χ2n) is 6.78. The lowest BCUT2D eigenvalue weighted by atomic mass is 9.98. The summed E-state index contributed by atoms with van der Waals surface area (Å²) in [4.78, 5) is 28.4. The predicted molar refractivity (Wildman–Crippen MR) is 114 cm³/mol. The first kappa shape index (κ1) is 18.0. The molecule has 0 fully saturated rings. The summed E-state index contributed by atoms with van der Waals surface area (Å²) in [6.07, 6.45) is 0. The van der Waals surface area contributed by atoms with Crippen LogP contribution in [0.15, 0.2) is 82.0 Å². The highest BCUT2D eigenvalue weighted by Gasteiger charge is 2.43. The second-order valence-corrected chi connectivity index (χ2v) is 7.66. The molecule has 142 valence electrons. The van der Waals surface area contributed by atoms with Crippen LogP contribution in [-0.2, 0) is 0 Å². The average molecular weight is 422 g/mol. The standard InChI is InChI=1S/C23H13Cl2NO3/c24-14-7-4-8-16(11-14)26-20(13-5-2-1-3-6-13)19-21(27)17-12-15(25)9-10-18(17)29-22(19)23(26)28/h1-12,20H. The summed E-state index contributed by atoms with van der Waals surface area (Å²) in [5.74, 6) is -0.344. The lowest BCUT2D eigenvalue weighted by Gasteiger charge is -2.25. The zero-order valence-electron chi connectivity index (χ0n) is 14.9. The number of rotatable bonds is 2. The van der Waals surface area contributed by atoms with Crippen molar-refractivity contribution >= 4 is 45.8 Å². The molecule has 5 rings (SSSR count). The molecular formula is C23H13Cl2NO3. The Morgan fingerprint density at radius 2 is 1.59 bits per heavy atom. The molecule has 0 spiro atoms. The summed E-state index contributed by atoms with van der Waals surface area (Å²) in [5, 5.41) is 1.27. The number of nitrogens with zero attached hydrogens (tertiary/aromatic N) is 1. The van der Waals surface area contributed by atoms with Crippen molar-refractivity contribution in [3.05, 3.63) is 110 Å². The van der Waals surface area contributed by atoms with Gasteiger partial charge in [0.15, 0.2) is 5.43 Å². The maximum Gasteiger partial charge on any atom is 0.295 e. The molecule has 3 aromatic carbocycles. The van der Waals surface area contributed by atoms with Crippen LogP contribution in [0.4, 0.5) is 5.69 Å². The van der Waals surface area contributed by atoms with Gasteiger partial charge in [0, 0.05) is 15.7 Å². The molecule has 1 atom stereocenters. The molecular weight excluding hydrogens is 409 g/mol. The Kier molecular flexibility index (Phi) is 4.19. The highest BCUT2D eigenvalue weighted by Crippen LogP contribution is 2.41. The Morgan fingerprint density at radius 1 is 0.828 bits per heavy atom. The van der Waals surface area contributed by atoms with Crippen LogP contribution in [-0.4, -0.2) is 5.91 Å². The van der Waals surface area contributed by atoms with Crippen molar-refractivity contribution < 1.29 is 9.21 Å². The molecule has 1 aromatic heterocycles. The quantitative estimate of drug-likeness (QED) is 0.407. The van der Waals surface area contributed by atoms with Crippen molar-refractivity contribution in [1.29, 1.82) is 0 Å². The maximum atomic E-state index is 13.4. The summed E-state index contributed by atoms with van der Waals surface area (Å²) in [6.45, 7) is 0. The normalized spacial score (nSPS) is 15.7. The van der Waals surface area contributed by atoms with Crippen LogP contribution < -0.4 is 10.3 Å². The van der Waals surface area contributed by atoms with Crippen LogP contribution in [0.1, 0.15) is 27.7 Å². The molecule has 1 unspecified atom stereocenters. The van der Waals surface area contributed by atoms with Crippen LogP contribution in [0.5, 0.6) is 0 Å². The zero-order chi connectivity index (χ0) is 20.1. The van der Waals surface area contributed by atoms with Gasteiger partial charge in [0.1, 0.15) is 5.58 Å². The molecule has 0 bridgehead atoms. The highest BCUT2D eigenvalue weighted by atomic mass is 35.5. The van der Waals surface area contributed by atoms with Gasteiger partial charge in [0.2, 0.25) is 5.76 Å². The number of carbonyl (C=O) groups excluding carboxylic acids is 1. The van der Waals surface area contributed by atoms with Crippen molar-refractivity contribution in [2.45, 2.75) is 6.04 Å². The van der Waals surface area contributed by atoms with Crippen LogP contribution in [0.25, 0.3) is 11.0 Å². The van der Waals surface area contributed by atoms with E-state index >= 15 is 0 Å². The van der Waals surface area contributed by atoms with Crippen LogP contribution >= 0.6 is 23.2 Å². The number of anilines is 1. The second kappa shape index (κ2) is 6.76. The van der Waals surface area contributed by atoms with E-state index in [2.05, 4.69) is 0 Å². The summed E-state index contributed by atoms with van der Waals surface area (Å²) in [6, 6.07) is 20.5. The van der Waals surface area contributed by atoms with Gasteiger partial charge in [-0.05, 0) is 42.0 Å². The number of benzene rings is 3. The van der Waals surface area contributed by atoms with E-state index in [-0.39, 0.29) is 17.1 Å². The molecule has 6 heteroatoms. The van der Waals surface area contributed by atoms with Crippen LogP contribution in [0.2, 0.25) is 10.0 Å². The molecule has 2 heterocycles. The summed E-state index contributed by atoms with van der Waals surface area (Å²) >= 11 is 12.3. The number of halogens is 2. The van der Waals surface area contributed by atoms with E-state index in [1.807, 2.05) is 30.3 Å². The van der Waals surface area contributed by atoms with E-state index in [1.165, 1.54) is 0 Å². The van der Waals surface area contributed by atoms with Gasteiger partial charge in [-0.1, -0.05) is 59.6 Å². The molecule has 0 N–H and O–H groups in total. The van der Waals surface area contributed by atoms with Gasteiger partial charge in [-0.15, -0.1) is 0 Å². The number of hydrogen-bond donors (Lipinski definition) is 0. The largest absolute Gasteiger partial charge is 0.450 e. The lowest BCUT2D eigenvalue weighted by Crippen LogP contribution is -2.29. The molecule has 29 heavy (non-hydrogen) atoms. The van der Waals surface area contributed by atoms with E-state index in [4.69, 9.17) is 27.6 Å². The van der Waals surface area contributed by atoms with Gasteiger partial charge in [-0.25, -0.2) is 0 Å². The van der Waals surface area contributed by atoms with Gasteiger partial charge in [-0.3, -0.25) is 14.5 Å². The fraction of sp³-hybridized carbons (Fsp3) is 0.0435. The van der Waals surface area contributed by atoms with E-state index in [0.717, 1.165) is 5.56 Å². The van der Waals surface area contributed by atoms with Crippen molar-refractivity contribution in [2.75, 3.05) is 4.90 Å². The summed E-state index contributed by atoms with van der Waals surface area (Å²) in [7, 11) is 0. The van der Waals surface area contributed by atoms with E-state index in [0.29, 0.717) is 32.3 Å². The SMILES string of the molecule is O=C1c2oc3ccc(Cl)cc3c(=O)c2C(c2ccccc2)N1c1cccc(Cl)c1. The fourth-order valence-electron chi connectivity index (χ4n) is 3.79. The highest BCUT2D eigenvalue weighted by molar-refractivity contribution is 6.31. The number of hydrogen-bond acceptors (Lipinski definition) is 3.